The molecule has 1 aromatic carbocycles. The number of ether oxygens (including phenoxy) is 2. The van der Waals surface area contributed by atoms with Gasteiger partial charge in [-0.15, -0.1) is 0 Å². The molecule has 2 rings (SSSR count). The highest BCUT2D eigenvalue weighted by molar-refractivity contribution is 5.39. The van der Waals surface area contributed by atoms with Crippen molar-refractivity contribution in [3.8, 4) is 11.5 Å². The lowest BCUT2D eigenvalue weighted by molar-refractivity contribution is 0.131. The SMILES string of the molecule is CCOc1ccccc1OCCN1CCNC(C)(C)C1. The molecule has 1 aliphatic heterocycles. The minimum absolute atomic E-state index is 0.196. The summed E-state index contributed by atoms with van der Waals surface area (Å²) in [7, 11) is 0. The van der Waals surface area contributed by atoms with E-state index in [2.05, 4.69) is 24.1 Å². The standard InChI is InChI=1S/C16H26N2O2/c1-4-19-14-7-5-6-8-15(14)20-12-11-18-10-9-17-16(2,3)13-18/h5-8,17H,4,9-13H2,1-3H3. The molecule has 4 nitrogen and oxygen atoms in total. The Kier molecular flexibility index (Phi) is 5.26. The van der Waals surface area contributed by atoms with E-state index < -0.39 is 0 Å². The Hall–Kier alpha value is -1.26. The van der Waals surface area contributed by atoms with E-state index in [1.165, 1.54) is 0 Å². The first-order valence-corrected chi connectivity index (χ1v) is 7.43. The smallest absolute Gasteiger partial charge is 0.161 e. The van der Waals surface area contributed by atoms with Crippen LogP contribution >= 0.6 is 0 Å². The number of piperazine rings is 1. The molecule has 1 fully saturated rings. The zero-order valence-corrected chi connectivity index (χ0v) is 12.8. The molecule has 1 aromatic rings. The number of benzene rings is 1. The van der Waals surface area contributed by atoms with E-state index in [0.29, 0.717) is 13.2 Å². The Morgan fingerprint density at radius 2 is 1.90 bits per heavy atom. The van der Waals surface area contributed by atoms with Crippen LogP contribution in [0.1, 0.15) is 20.8 Å². The van der Waals surface area contributed by atoms with Crippen LogP contribution in [-0.2, 0) is 0 Å². The third-order valence-electron chi connectivity index (χ3n) is 3.46. The molecule has 0 atom stereocenters. The zero-order valence-electron chi connectivity index (χ0n) is 12.8. The summed E-state index contributed by atoms with van der Waals surface area (Å²) >= 11 is 0. The van der Waals surface area contributed by atoms with Crippen LogP contribution in [0.25, 0.3) is 0 Å². The van der Waals surface area contributed by atoms with Crippen LogP contribution in [0, 0.1) is 0 Å². The lowest BCUT2D eigenvalue weighted by Gasteiger charge is -2.39. The van der Waals surface area contributed by atoms with Crippen LogP contribution in [0.4, 0.5) is 0 Å². The van der Waals surface area contributed by atoms with E-state index in [9.17, 15) is 0 Å². The highest BCUT2D eigenvalue weighted by Crippen LogP contribution is 2.26. The van der Waals surface area contributed by atoms with Crippen LogP contribution in [0.5, 0.6) is 11.5 Å². The third kappa shape index (κ3) is 4.39. The predicted octanol–water partition coefficient (Wildman–Crippen LogP) is 2.15. The van der Waals surface area contributed by atoms with Crippen molar-refractivity contribution >= 4 is 0 Å². The van der Waals surface area contributed by atoms with Gasteiger partial charge in [0.25, 0.3) is 0 Å². The van der Waals surface area contributed by atoms with Gasteiger partial charge in [-0.1, -0.05) is 12.1 Å². The Morgan fingerprint density at radius 3 is 2.55 bits per heavy atom. The van der Waals surface area contributed by atoms with Crippen molar-refractivity contribution in [2.45, 2.75) is 26.3 Å². The molecule has 0 radical (unpaired) electrons. The monoisotopic (exact) mass is 278 g/mol. The van der Waals surface area contributed by atoms with Crippen molar-refractivity contribution in [1.29, 1.82) is 0 Å². The Balaban J connectivity index is 1.81. The highest BCUT2D eigenvalue weighted by atomic mass is 16.5. The van der Waals surface area contributed by atoms with Crippen molar-refractivity contribution in [1.82, 2.24) is 10.2 Å². The van der Waals surface area contributed by atoms with E-state index >= 15 is 0 Å². The number of nitrogens with zero attached hydrogens (tertiary/aromatic N) is 1. The fourth-order valence-corrected chi connectivity index (χ4v) is 2.57. The number of hydrogen-bond donors (Lipinski definition) is 1. The van der Waals surface area contributed by atoms with Crippen molar-refractivity contribution in [2.24, 2.45) is 0 Å². The van der Waals surface area contributed by atoms with Gasteiger partial charge in [0.15, 0.2) is 11.5 Å². The molecule has 1 heterocycles. The average Bonchev–Trinajstić information content (AvgIpc) is 2.40. The minimum atomic E-state index is 0.196. The second-order valence-corrected chi connectivity index (χ2v) is 5.82. The topological polar surface area (TPSA) is 33.7 Å². The quantitative estimate of drug-likeness (QED) is 0.864. The van der Waals surface area contributed by atoms with Crippen LogP contribution in [-0.4, -0.2) is 49.8 Å². The van der Waals surface area contributed by atoms with Crippen LogP contribution < -0.4 is 14.8 Å². The highest BCUT2D eigenvalue weighted by Gasteiger charge is 2.25. The molecule has 0 amide bonds. The molecule has 112 valence electrons. The van der Waals surface area contributed by atoms with E-state index in [4.69, 9.17) is 9.47 Å². The molecule has 0 aliphatic carbocycles. The van der Waals surface area contributed by atoms with Crippen molar-refractivity contribution in [2.75, 3.05) is 39.4 Å². The van der Waals surface area contributed by atoms with Gasteiger partial charge in [0.05, 0.1) is 6.61 Å². The van der Waals surface area contributed by atoms with E-state index in [0.717, 1.165) is 37.7 Å². The second-order valence-electron chi connectivity index (χ2n) is 5.82. The zero-order chi connectivity index (χ0) is 14.4. The molecule has 0 aromatic heterocycles. The molecule has 0 bridgehead atoms. The first-order valence-electron chi connectivity index (χ1n) is 7.43. The number of nitrogens with one attached hydrogen (secondary N) is 1. The fourth-order valence-electron chi connectivity index (χ4n) is 2.57. The molecule has 1 N–H and O–H groups in total. The van der Waals surface area contributed by atoms with E-state index in [1.54, 1.807) is 0 Å². The summed E-state index contributed by atoms with van der Waals surface area (Å²) in [6.45, 7) is 12.0. The lowest BCUT2D eigenvalue weighted by atomic mass is 10.0. The molecule has 4 heteroatoms. The van der Waals surface area contributed by atoms with Gasteiger partial charge in [-0.2, -0.15) is 0 Å². The Morgan fingerprint density at radius 1 is 1.20 bits per heavy atom. The van der Waals surface area contributed by atoms with Gasteiger partial charge in [-0.25, -0.2) is 0 Å². The Bertz CT molecular complexity index is 421. The maximum atomic E-state index is 5.87. The first kappa shape index (κ1) is 15.1. The molecule has 0 spiro atoms. The predicted molar refractivity (Wildman–Crippen MR) is 81.6 cm³/mol. The lowest BCUT2D eigenvalue weighted by Crippen LogP contribution is -2.57. The van der Waals surface area contributed by atoms with Gasteiger partial charge >= 0.3 is 0 Å². The summed E-state index contributed by atoms with van der Waals surface area (Å²) in [5.41, 5.74) is 0.196. The maximum Gasteiger partial charge on any atom is 0.161 e. The van der Waals surface area contributed by atoms with Crippen molar-refractivity contribution < 1.29 is 9.47 Å². The third-order valence-corrected chi connectivity index (χ3v) is 3.46. The van der Waals surface area contributed by atoms with Gasteiger partial charge in [-0.3, -0.25) is 4.90 Å². The number of para-hydroxylation sites is 2. The second kappa shape index (κ2) is 6.95. The summed E-state index contributed by atoms with van der Waals surface area (Å²) < 4.78 is 11.4. The normalized spacial score (nSPS) is 18.8. The molecule has 20 heavy (non-hydrogen) atoms. The molecule has 1 saturated heterocycles. The summed E-state index contributed by atoms with van der Waals surface area (Å²) in [5.74, 6) is 1.67. The van der Waals surface area contributed by atoms with Crippen LogP contribution in [0.2, 0.25) is 0 Å². The summed E-state index contributed by atoms with van der Waals surface area (Å²) in [6, 6.07) is 7.86. The molecular formula is C16H26N2O2. The van der Waals surface area contributed by atoms with Gasteiger partial charge in [0, 0.05) is 31.7 Å². The summed E-state index contributed by atoms with van der Waals surface area (Å²) in [4.78, 5) is 2.44. The average molecular weight is 278 g/mol. The minimum Gasteiger partial charge on any atom is -0.490 e. The largest absolute Gasteiger partial charge is 0.490 e. The fraction of sp³-hybridized carbons (Fsp3) is 0.625. The Labute approximate surface area is 122 Å². The summed E-state index contributed by atoms with van der Waals surface area (Å²) in [5, 5.41) is 3.52. The summed E-state index contributed by atoms with van der Waals surface area (Å²) in [6.07, 6.45) is 0. The molecular weight excluding hydrogens is 252 g/mol. The van der Waals surface area contributed by atoms with Gasteiger partial charge < -0.3 is 14.8 Å². The van der Waals surface area contributed by atoms with E-state index in [-0.39, 0.29) is 5.54 Å². The number of rotatable bonds is 6. The first-order chi connectivity index (χ1) is 9.61. The molecule has 0 unspecified atom stereocenters. The molecule has 0 saturated carbocycles. The van der Waals surface area contributed by atoms with Gasteiger partial charge in [0.1, 0.15) is 6.61 Å². The van der Waals surface area contributed by atoms with Crippen LogP contribution in [0.15, 0.2) is 24.3 Å². The maximum absolute atomic E-state index is 5.87. The van der Waals surface area contributed by atoms with Crippen LogP contribution in [0.3, 0.4) is 0 Å². The van der Waals surface area contributed by atoms with Crippen molar-refractivity contribution in [3.63, 3.8) is 0 Å². The van der Waals surface area contributed by atoms with Crippen molar-refractivity contribution in [3.05, 3.63) is 24.3 Å². The van der Waals surface area contributed by atoms with E-state index in [1.807, 2.05) is 31.2 Å². The van der Waals surface area contributed by atoms with Gasteiger partial charge in [-0.05, 0) is 32.9 Å². The van der Waals surface area contributed by atoms with Gasteiger partial charge in [0.2, 0.25) is 0 Å². The molecule has 1 aliphatic rings. The number of hydrogen-bond acceptors (Lipinski definition) is 4.